The molecule has 9 heteroatoms. The number of phosphoric acid groups is 1. The van der Waals surface area contributed by atoms with Gasteiger partial charge in [0, 0.05) is 13.0 Å². The highest BCUT2D eigenvalue weighted by molar-refractivity contribution is 7.45. The number of rotatable bonds is 43. The highest BCUT2D eigenvalue weighted by Gasteiger charge is 2.20. The lowest BCUT2D eigenvalue weighted by atomic mass is 10.0. The predicted molar refractivity (Wildman–Crippen MR) is 249 cm³/mol. The van der Waals surface area contributed by atoms with Crippen LogP contribution in [0.1, 0.15) is 181 Å². The van der Waals surface area contributed by atoms with Crippen LogP contribution in [0.3, 0.4) is 0 Å². The number of carbonyl (C=O) groups is 1. The van der Waals surface area contributed by atoms with Crippen molar-refractivity contribution in [1.29, 1.82) is 0 Å². The first-order valence-corrected chi connectivity index (χ1v) is 25.1. The molecule has 0 fully saturated rings. The van der Waals surface area contributed by atoms with Crippen LogP contribution in [0, 0.1) is 0 Å². The Bertz CT molecular complexity index is 1170. The van der Waals surface area contributed by atoms with Crippen molar-refractivity contribution >= 4 is 13.8 Å². The molecule has 0 bridgehead atoms. The van der Waals surface area contributed by atoms with Gasteiger partial charge < -0.3 is 27.9 Å². The van der Waals surface area contributed by atoms with Crippen LogP contribution in [0.2, 0.25) is 0 Å². The van der Waals surface area contributed by atoms with E-state index in [0.29, 0.717) is 24.1 Å². The van der Waals surface area contributed by atoms with Crippen molar-refractivity contribution in [2.24, 2.45) is 0 Å². The molecule has 0 aliphatic carbocycles. The van der Waals surface area contributed by atoms with Gasteiger partial charge in [-0.05, 0) is 57.8 Å². The summed E-state index contributed by atoms with van der Waals surface area (Å²) in [5.74, 6) is -0.354. The number of esters is 1. The minimum absolute atomic E-state index is 0.0130. The van der Waals surface area contributed by atoms with E-state index >= 15 is 0 Å². The molecule has 8 nitrogen and oxygen atoms in total. The van der Waals surface area contributed by atoms with E-state index in [9.17, 15) is 14.3 Å². The Hall–Kier alpha value is -2.06. The molecule has 0 aromatic heterocycles. The molecule has 342 valence electrons. The molecular formula is C50H90NO7P. The van der Waals surface area contributed by atoms with Gasteiger partial charge >= 0.3 is 5.97 Å². The Kier molecular flexibility index (Phi) is 41.1. The zero-order chi connectivity index (χ0) is 43.4. The van der Waals surface area contributed by atoms with Crippen LogP contribution < -0.4 is 4.89 Å². The first-order chi connectivity index (χ1) is 28.6. The molecule has 0 aromatic carbocycles. The van der Waals surface area contributed by atoms with E-state index in [2.05, 4.69) is 86.8 Å². The Morgan fingerprint density at radius 3 is 1.41 bits per heavy atom. The third-order valence-corrected chi connectivity index (χ3v) is 10.7. The number of phosphoric ester groups is 1. The molecule has 0 amide bonds. The summed E-state index contributed by atoms with van der Waals surface area (Å²) in [6, 6.07) is 0. The van der Waals surface area contributed by atoms with Crippen molar-refractivity contribution in [3.05, 3.63) is 72.9 Å². The van der Waals surface area contributed by atoms with Gasteiger partial charge in [0.15, 0.2) is 0 Å². The van der Waals surface area contributed by atoms with E-state index in [1.165, 1.54) is 89.9 Å². The highest BCUT2D eigenvalue weighted by atomic mass is 31.2. The van der Waals surface area contributed by atoms with Gasteiger partial charge in [-0.1, -0.05) is 189 Å². The smallest absolute Gasteiger partial charge is 0.306 e. The van der Waals surface area contributed by atoms with Gasteiger partial charge in [-0.25, -0.2) is 0 Å². The topological polar surface area (TPSA) is 94.1 Å². The quantitative estimate of drug-likeness (QED) is 0.0198. The zero-order valence-electron chi connectivity index (χ0n) is 38.7. The van der Waals surface area contributed by atoms with Gasteiger partial charge in [0.05, 0.1) is 34.4 Å². The van der Waals surface area contributed by atoms with E-state index in [1.54, 1.807) is 0 Å². The van der Waals surface area contributed by atoms with E-state index in [-0.39, 0.29) is 25.8 Å². The van der Waals surface area contributed by atoms with E-state index in [0.717, 1.165) is 70.6 Å². The van der Waals surface area contributed by atoms with Crippen LogP contribution in [0.4, 0.5) is 0 Å². The summed E-state index contributed by atoms with van der Waals surface area (Å²) in [5, 5.41) is 0. The van der Waals surface area contributed by atoms with Crippen LogP contribution in [-0.4, -0.2) is 70.7 Å². The van der Waals surface area contributed by atoms with Crippen LogP contribution in [-0.2, 0) is 27.9 Å². The Morgan fingerprint density at radius 1 is 0.542 bits per heavy atom. The summed E-state index contributed by atoms with van der Waals surface area (Å²) >= 11 is 0. The summed E-state index contributed by atoms with van der Waals surface area (Å²) in [7, 11) is 1.31. The monoisotopic (exact) mass is 848 g/mol. The molecule has 0 rings (SSSR count). The summed E-state index contributed by atoms with van der Waals surface area (Å²) < 4.78 is 34.6. The zero-order valence-corrected chi connectivity index (χ0v) is 39.6. The van der Waals surface area contributed by atoms with Crippen LogP contribution in [0.5, 0.6) is 0 Å². The molecule has 0 saturated heterocycles. The molecule has 0 saturated carbocycles. The summed E-state index contributed by atoms with van der Waals surface area (Å²) in [6.45, 7) is 5.14. The Morgan fingerprint density at radius 2 is 0.966 bits per heavy atom. The fraction of sp³-hybridized carbons (Fsp3) is 0.740. The maximum atomic E-state index is 12.7. The number of ether oxygens (including phenoxy) is 2. The fourth-order valence-electron chi connectivity index (χ4n) is 6.15. The molecule has 0 aliphatic rings. The average Bonchev–Trinajstić information content (AvgIpc) is 3.19. The summed E-state index contributed by atoms with van der Waals surface area (Å²) in [5.41, 5.74) is 0. The molecule has 0 radical (unpaired) electrons. The lowest BCUT2D eigenvalue weighted by Gasteiger charge is -2.28. The number of nitrogens with zero attached hydrogens (tertiary/aromatic N) is 1. The van der Waals surface area contributed by atoms with Gasteiger partial charge in [0.1, 0.15) is 19.3 Å². The first-order valence-electron chi connectivity index (χ1n) is 23.7. The number of allylic oxidation sites excluding steroid dienone is 12. The Labute approximate surface area is 363 Å². The number of quaternary nitrogens is 1. The molecule has 0 N–H and O–H groups in total. The normalized spacial score (nSPS) is 14.3. The maximum absolute atomic E-state index is 12.7. The molecule has 59 heavy (non-hydrogen) atoms. The molecule has 0 heterocycles. The Balaban J connectivity index is 4.31. The van der Waals surface area contributed by atoms with Gasteiger partial charge in [0.25, 0.3) is 7.82 Å². The number of unbranched alkanes of at least 4 members (excludes halogenated alkanes) is 17. The number of hydrogen-bond donors (Lipinski definition) is 0. The minimum Gasteiger partial charge on any atom is -0.756 e. The first kappa shape index (κ1) is 56.9. The van der Waals surface area contributed by atoms with Crippen LogP contribution in [0.15, 0.2) is 72.9 Å². The highest BCUT2D eigenvalue weighted by Crippen LogP contribution is 2.38. The number of carbonyl (C=O) groups excluding carboxylic acids is 1. The third-order valence-electron chi connectivity index (χ3n) is 9.77. The van der Waals surface area contributed by atoms with E-state index in [1.807, 2.05) is 21.1 Å². The minimum atomic E-state index is -4.55. The molecule has 0 aromatic rings. The van der Waals surface area contributed by atoms with Crippen molar-refractivity contribution in [3.8, 4) is 0 Å². The largest absolute Gasteiger partial charge is 0.756 e. The third kappa shape index (κ3) is 46.9. The molecule has 0 aliphatic heterocycles. The van der Waals surface area contributed by atoms with Gasteiger partial charge in [-0.2, -0.15) is 0 Å². The molecular weight excluding hydrogens is 758 g/mol. The predicted octanol–water partition coefficient (Wildman–Crippen LogP) is 13.6. The summed E-state index contributed by atoms with van der Waals surface area (Å²) in [4.78, 5) is 25.1. The second kappa shape index (κ2) is 42.6. The van der Waals surface area contributed by atoms with Crippen molar-refractivity contribution in [2.45, 2.75) is 187 Å². The second-order valence-electron chi connectivity index (χ2n) is 16.7. The van der Waals surface area contributed by atoms with Crippen LogP contribution in [0.25, 0.3) is 0 Å². The average molecular weight is 848 g/mol. The second-order valence-corrected chi connectivity index (χ2v) is 18.2. The van der Waals surface area contributed by atoms with Crippen LogP contribution >= 0.6 is 7.82 Å². The molecule has 2 atom stereocenters. The van der Waals surface area contributed by atoms with Crippen molar-refractivity contribution < 1.29 is 37.3 Å². The fourth-order valence-corrected chi connectivity index (χ4v) is 6.88. The number of hydrogen-bond acceptors (Lipinski definition) is 7. The van der Waals surface area contributed by atoms with Gasteiger partial charge in [-0.15, -0.1) is 0 Å². The molecule has 2 unspecified atom stereocenters. The van der Waals surface area contributed by atoms with Gasteiger partial charge in [-0.3, -0.25) is 9.36 Å². The number of likely N-dealkylation sites (N-methyl/N-ethyl adjacent to an activating group) is 1. The summed E-state index contributed by atoms with van der Waals surface area (Å²) in [6.07, 6.45) is 55.0. The van der Waals surface area contributed by atoms with E-state index in [4.69, 9.17) is 18.5 Å². The lowest BCUT2D eigenvalue weighted by molar-refractivity contribution is -0.870. The van der Waals surface area contributed by atoms with Gasteiger partial charge in [0.2, 0.25) is 0 Å². The lowest BCUT2D eigenvalue weighted by Crippen LogP contribution is -2.37. The van der Waals surface area contributed by atoms with E-state index < -0.39 is 13.9 Å². The van der Waals surface area contributed by atoms with Crippen molar-refractivity contribution in [2.75, 3.05) is 54.1 Å². The maximum Gasteiger partial charge on any atom is 0.306 e. The molecule has 0 spiro atoms. The van der Waals surface area contributed by atoms with Crippen molar-refractivity contribution in [3.63, 3.8) is 0 Å². The SMILES string of the molecule is CC/C=C\C/C=C\C/C=C\C/C=C\C/C=C\C/C=C\CCCOCC(COP(=O)([O-])OCC[N+](C)(C)C)OC(=O)CCCCCCCCCCCCCCCCCCC. The van der Waals surface area contributed by atoms with Crippen molar-refractivity contribution in [1.82, 2.24) is 0 Å². The standard InChI is InChI=1S/C50H90NO7P/c1-6-8-10-12-14-16-18-20-22-24-25-26-28-30-32-34-36-38-40-42-45-55-47-49(48-57-59(53,54)56-46-44-51(3,4)5)58-50(52)43-41-39-37-35-33-31-29-27-23-21-19-17-15-13-11-9-7-2/h8,10,14,16,20,22,25-26,30,32,36,38,49H,6-7,9,11-13,15,17-19,21,23-24,27-29,31,33-35,37,39-48H2,1-5H3/b10-8-,16-14-,22-20-,26-25-,32-30-,38-36-.